The second kappa shape index (κ2) is 4.17. The summed E-state index contributed by atoms with van der Waals surface area (Å²) in [5.74, 6) is 0.815. The Morgan fingerprint density at radius 3 is 2.53 bits per heavy atom. The predicted octanol–water partition coefficient (Wildman–Crippen LogP) is -0.189. The fourth-order valence-corrected chi connectivity index (χ4v) is 2.61. The highest BCUT2D eigenvalue weighted by Crippen LogP contribution is 2.38. The normalized spacial score (nSPS) is 15.9. The summed E-state index contributed by atoms with van der Waals surface area (Å²) in [4.78, 5) is 0.0586. The minimum atomic E-state index is -3.44. The van der Waals surface area contributed by atoms with Crippen molar-refractivity contribution < 1.29 is 23.0 Å². The van der Waals surface area contributed by atoms with E-state index in [0.29, 0.717) is 17.1 Å². The largest absolute Gasteiger partial charge is 0.454 e. The molecule has 6 nitrogen and oxygen atoms in total. The molecule has 1 atom stereocenters. The maximum Gasteiger partial charge on any atom is 0.231 e. The van der Waals surface area contributed by atoms with Crippen LogP contribution in [0.5, 0.6) is 11.5 Å². The number of fused-ring (bicyclic) bond motifs is 1. The van der Waals surface area contributed by atoms with Gasteiger partial charge in [0.1, 0.15) is 0 Å². The van der Waals surface area contributed by atoms with Crippen LogP contribution in [-0.4, -0.2) is 33.2 Å². The third-order valence-electron chi connectivity index (χ3n) is 2.50. The van der Waals surface area contributed by atoms with Gasteiger partial charge < -0.3 is 20.3 Å². The molecule has 2 rings (SSSR count). The van der Waals surface area contributed by atoms with Crippen LogP contribution < -0.4 is 15.2 Å². The van der Waals surface area contributed by atoms with Crippen LogP contribution in [-0.2, 0) is 9.84 Å². The summed E-state index contributed by atoms with van der Waals surface area (Å²) in [7, 11) is -3.44. The smallest absolute Gasteiger partial charge is 0.231 e. The molecule has 1 aliphatic rings. The fraction of sp³-hybridized carbons (Fsp3) is 0.400. The minimum Gasteiger partial charge on any atom is -0.454 e. The van der Waals surface area contributed by atoms with Gasteiger partial charge >= 0.3 is 0 Å². The Morgan fingerprint density at radius 2 is 2.00 bits per heavy atom. The molecule has 94 valence electrons. The van der Waals surface area contributed by atoms with Crippen molar-refractivity contribution in [3.05, 3.63) is 17.7 Å². The molecule has 0 saturated carbocycles. The van der Waals surface area contributed by atoms with E-state index in [2.05, 4.69) is 0 Å². The lowest BCUT2D eigenvalue weighted by atomic mass is 10.1. The van der Waals surface area contributed by atoms with Crippen LogP contribution >= 0.6 is 0 Å². The van der Waals surface area contributed by atoms with E-state index in [1.165, 1.54) is 12.1 Å². The molecule has 1 aromatic carbocycles. The summed E-state index contributed by atoms with van der Waals surface area (Å²) in [6.45, 7) is -0.293. The Bertz CT molecular complexity index is 540. The van der Waals surface area contributed by atoms with Crippen LogP contribution in [0.25, 0.3) is 0 Å². The maximum atomic E-state index is 11.6. The molecule has 0 aliphatic carbocycles. The third kappa shape index (κ3) is 2.21. The molecular formula is C10H13NO5S. The van der Waals surface area contributed by atoms with Crippen LogP contribution in [0.2, 0.25) is 0 Å². The van der Waals surface area contributed by atoms with E-state index in [9.17, 15) is 8.42 Å². The topological polar surface area (TPSA) is 98.9 Å². The van der Waals surface area contributed by atoms with Crippen molar-refractivity contribution in [3.63, 3.8) is 0 Å². The summed E-state index contributed by atoms with van der Waals surface area (Å²) in [6, 6.07) is 2.11. The van der Waals surface area contributed by atoms with Crippen molar-refractivity contribution in [2.45, 2.75) is 10.9 Å². The average Bonchev–Trinajstić information content (AvgIpc) is 2.72. The number of rotatable bonds is 3. The van der Waals surface area contributed by atoms with Crippen LogP contribution in [0.3, 0.4) is 0 Å². The summed E-state index contributed by atoms with van der Waals surface area (Å²) in [5.41, 5.74) is 6.01. The van der Waals surface area contributed by atoms with Crippen molar-refractivity contribution in [2.24, 2.45) is 5.73 Å². The van der Waals surface area contributed by atoms with Gasteiger partial charge in [-0.1, -0.05) is 0 Å². The lowest BCUT2D eigenvalue weighted by Gasteiger charge is -2.14. The van der Waals surface area contributed by atoms with Crippen LogP contribution in [0.15, 0.2) is 17.0 Å². The third-order valence-corrected chi connectivity index (χ3v) is 3.65. The molecule has 0 amide bonds. The number of hydrogen-bond donors (Lipinski definition) is 2. The zero-order chi connectivity index (χ0) is 12.6. The van der Waals surface area contributed by atoms with Gasteiger partial charge in [-0.25, -0.2) is 8.42 Å². The zero-order valence-electron chi connectivity index (χ0n) is 9.21. The van der Waals surface area contributed by atoms with Gasteiger partial charge in [-0.15, -0.1) is 0 Å². The molecule has 1 unspecified atom stereocenters. The molecule has 1 aromatic rings. The monoisotopic (exact) mass is 259 g/mol. The zero-order valence-corrected chi connectivity index (χ0v) is 10.0. The molecule has 7 heteroatoms. The highest BCUT2D eigenvalue weighted by molar-refractivity contribution is 7.90. The van der Waals surface area contributed by atoms with Crippen LogP contribution in [0, 0.1) is 0 Å². The Kier molecular flexibility index (Phi) is 2.98. The fourth-order valence-electron chi connectivity index (χ4n) is 1.65. The highest BCUT2D eigenvalue weighted by Gasteiger charge is 2.24. The number of benzene rings is 1. The quantitative estimate of drug-likeness (QED) is 0.780. The van der Waals surface area contributed by atoms with E-state index in [-0.39, 0.29) is 18.3 Å². The average molecular weight is 259 g/mol. The van der Waals surface area contributed by atoms with E-state index in [1.807, 2.05) is 0 Å². The van der Waals surface area contributed by atoms with Gasteiger partial charge in [0.25, 0.3) is 0 Å². The second-order valence-corrected chi connectivity index (χ2v) is 5.79. The van der Waals surface area contributed by atoms with Gasteiger partial charge in [0, 0.05) is 12.3 Å². The Morgan fingerprint density at radius 1 is 1.41 bits per heavy atom. The highest BCUT2D eigenvalue weighted by atomic mass is 32.2. The second-order valence-electron chi connectivity index (χ2n) is 3.80. The standard InChI is InChI=1S/C10H13NO5S/c1-17(13,14)10-3-9-8(15-5-16-9)2-6(10)7(11)4-12/h2-3,7,12H,4-5,11H2,1H3. The number of aliphatic hydroxyl groups excluding tert-OH is 1. The Hall–Kier alpha value is -1.31. The van der Waals surface area contributed by atoms with Gasteiger partial charge in [0.2, 0.25) is 6.79 Å². The first kappa shape index (κ1) is 12.2. The van der Waals surface area contributed by atoms with Gasteiger partial charge in [0.05, 0.1) is 17.5 Å². The first-order valence-corrected chi connectivity index (χ1v) is 6.82. The molecule has 0 bridgehead atoms. The van der Waals surface area contributed by atoms with Gasteiger partial charge in [-0.3, -0.25) is 0 Å². The molecule has 17 heavy (non-hydrogen) atoms. The van der Waals surface area contributed by atoms with Crippen LogP contribution in [0.1, 0.15) is 11.6 Å². The lowest BCUT2D eigenvalue weighted by molar-refractivity contribution is 0.174. The molecular weight excluding hydrogens is 246 g/mol. The number of ether oxygens (including phenoxy) is 2. The van der Waals surface area contributed by atoms with Crippen molar-refractivity contribution >= 4 is 9.84 Å². The molecule has 0 radical (unpaired) electrons. The van der Waals surface area contributed by atoms with E-state index in [1.54, 1.807) is 0 Å². The summed E-state index contributed by atoms with van der Waals surface area (Å²) in [5, 5.41) is 9.04. The molecule has 0 saturated heterocycles. The SMILES string of the molecule is CS(=O)(=O)c1cc2c(cc1C(N)CO)OCO2. The van der Waals surface area contributed by atoms with E-state index in [0.717, 1.165) is 6.26 Å². The molecule has 1 aliphatic heterocycles. The number of aliphatic hydroxyl groups is 1. The molecule has 0 fully saturated rings. The molecule has 0 spiro atoms. The Labute approximate surface area is 98.9 Å². The summed E-state index contributed by atoms with van der Waals surface area (Å²) in [6.07, 6.45) is 1.08. The van der Waals surface area contributed by atoms with E-state index >= 15 is 0 Å². The number of sulfone groups is 1. The first-order valence-electron chi connectivity index (χ1n) is 4.93. The minimum absolute atomic E-state index is 0.0519. The van der Waals surface area contributed by atoms with Crippen molar-refractivity contribution in [1.29, 1.82) is 0 Å². The number of hydrogen-bond acceptors (Lipinski definition) is 6. The van der Waals surface area contributed by atoms with E-state index < -0.39 is 15.9 Å². The van der Waals surface area contributed by atoms with Crippen molar-refractivity contribution in [3.8, 4) is 11.5 Å². The van der Waals surface area contributed by atoms with Gasteiger partial charge in [-0.05, 0) is 11.6 Å². The lowest BCUT2D eigenvalue weighted by Crippen LogP contribution is -2.18. The summed E-state index contributed by atoms with van der Waals surface area (Å²) >= 11 is 0. The summed E-state index contributed by atoms with van der Waals surface area (Å²) < 4.78 is 33.5. The first-order chi connectivity index (χ1) is 7.93. The van der Waals surface area contributed by atoms with Gasteiger partial charge in [-0.2, -0.15) is 0 Å². The van der Waals surface area contributed by atoms with Crippen LogP contribution in [0.4, 0.5) is 0 Å². The maximum absolute atomic E-state index is 11.6. The van der Waals surface area contributed by atoms with Gasteiger partial charge in [0.15, 0.2) is 21.3 Å². The Balaban J connectivity index is 2.63. The van der Waals surface area contributed by atoms with Crippen molar-refractivity contribution in [1.82, 2.24) is 0 Å². The predicted molar refractivity (Wildman–Crippen MR) is 59.7 cm³/mol. The molecule has 0 aromatic heterocycles. The molecule has 3 N–H and O–H groups in total. The molecule has 1 heterocycles. The van der Waals surface area contributed by atoms with Crippen molar-refractivity contribution in [2.75, 3.05) is 19.7 Å². The number of nitrogens with two attached hydrogens (primary N) is 1. The van der Waals surface area contributed by atoms with E-state index in [4.69, 9.17) is 20.3 Å².